The molecule has 0 aliphatic carbocycles. The van der Waals surface area contributed by atoms with Crippen LogP contribution >= 0.6 is 0 Å². The van der Waals surface area contributed by atoms with Crippen molar-refractivity contribution >= 4 is 35.5 Å². The molecule has 1 aromatic rings. The number of amides is 4. The van der Waals surface area contributed by atoms with E-state index >= 15 is 0 Å². The van der Waals surface area contributed by atoms with E-state index in [1.54, 1.807) is 12.1 Å². The highest BCUT2D eigenvalue weighted by molar-refractivity contribution is 5.94. The highest BCUT2D eigenvalue weighted by atomic mass is 16.3. The minimum absolute atomic E-state index is 0.00726. The average Bonchev–Trinajstić information content (AvgIpc) is 2.92. The molecule has 240 valence electrons. The normalized spacial score (nSPS) is 13.6. The van der Waals surface area contributed by atoms with Crippen molar-refractivity contribution in [2.45, 2.75) is 76.5 Å². The second kappa shape index (κ2) is 18.8. The van der Waals surface area contributed by atoms with Crippen molar-refractivity contribution in [1.29, 1.82) is 0 Å². The van der Waals surface area contributed by atoms with E-state index in [1.165, 1.54) is 12.1 Å². The third kappa shape index (κ3) is 15.3. The number of nitrogens with two attached hydrogens (primary N) is 6. The lowest BCUT2D eigenvalue weighted by molar-refractivity contribution is -0.134. The van der Waals surface area contributed by atoms with Crippen molar-refractivity contribution in [3.05, 3.63) is 29.8 Å². The van der Waals surface area contributed by atoms with Gasteiger partial charge in [0.1, 0.15) is 23.9 Å². The SMILES string of the molecule is CC(C)C[C@H](NC(=O)[C@@H](N)CCCN=C(N)N)C(=O)N[C@H](CCCN=C(N)N)C(=O)N[C@@H](Cc1ccc(O)cc1)C(N)=O. The summed E-state index contributed by atoms with van der Waals surface area (Å²) in [5.41, 5.74) is 33.6. The van der Waals surface area contributed by atoms with Crippen LogP contribution < -0.4 is 50.4 Å². The number of guanidine groups is 2. The second-order valence-corrected chi connectivity index (χ2v) is 10.6. The lowest BCUT2D eigenvalue weighted by Crippen LogP contribution is -2.58. The van der Waals surface area contributed by atoms with Crippen LogP contribution in [0.25, 0.3) is 0 Å². The van der Waals surface area contributed by atoms with Crippen molar-refractivity contribution in [2.75, 3.05) is 13.1 Å². The molecule has 43 heavy (non-hydrogen) atoms. The molecule has 0 radical (unpaired) electrons. The smallest absolute Gasteiger partial charge is 0.243 e. The summed E-state index contributed by atoms with van der Waals surface area (Å²) in [7, 11) is 0. The molecule has 0 heterocycles. The van der Waals surface area contributed by atoms with E-state index in [2.05, 4.69) is 25.9 Å². The lowest BCUT2D eigenvalue weighted by Gasteiger charge is -2.26. The molecular formula is C27H47N11O5. The molecule has 1 aromatic carbocycles. The first kappa shape index (κ1) is 36.4. The summed E-state index contributed by atoms with van der Waals surface area (Å²) < 4.78 is 0. The summed E-state index contributed by atoms with van der Waals surface area (Å²) in [6, 6.07) is 1.97. The molecule has 0 fully saturated rings. The van der Waals surface area contributed by atoms with Crippen molar-refractivity contribution in [2.24, 2.45) is 50.3 Å². The number of hydrogen-bond donors (Lipinski definition) is 10. The molecule has 0 aliphatic rings. The van der Waals surface area contributed by atoms with Crippen molar-refractivity contribution < 1.29 is 24.3 Å². The zero-order valence-corrected chi connectivity index (χ0v) is 24.8. The maximum atomic E-state index is 13.4. The highest BCUT2D eigenvalue weighted by Gasteiger charge is 2.30. The Morgan fingerprint density at radius 1 is 0.744 bits per heavy atom. The van der Waals surface area contributed by atoms with E-state index in [9.17, 15) is 24.3 Å². The zero-order valence-electron chi connectivity index (χ0n) is 24.8. The van der Waals surface area contributed by atoms with E-state index in [-0.39, 0.29) is 55.8 Å². The lowest BCUT2D eigenvalue weighted by atomic mass is 10.0. The van der Waals surface area contributed by atoms with Gasteiger partial charge in [-0.15, -0.1) is 0 Å². The first-order valence-electron chi connectivity index (χ1n) is 14.0. The van der Waals surface area contributed by atoms with Gasteiger partial charge in [0.2, 0.25) is 23.6 Å². The van der Waals surface area contributed by atoms with Crippen LogP contribution in [0.2, 0.25) is 0 Å². The number of aliphatic imine (C=N–C) groups is 2. The minimum atomic E-state index is -1.11. The third-order valence-corrected chi connectivity index (χ3v) is 6.26. The Morgan fingerprint density at radius 2 is 1.23 bits per heavy atom. The molecule has 16 N–H and O–H groups in total. The number of carbonyl (C=O) groups excluding carboxylic acids is 4. The Labute approximate surface area is 251 Å². The molecule has 4 amide bonds. The largest absolute Gasteiger partial charge is 0.508 e. The van der Waals surface area contributed by atoms with Gasteiger partial charge in [-0.25, -0.2) is 0 Å². The Bertz CT molecular complexity index is 1120. The van der Waals surface area contributed by atoms with Crippen LogP contribution in [-0.4, -0.2) is 77.9 Å². The number of primary amides is 1. The first-order chi connectivity index (χ1) is 20.2. The fourth-order valence-corrected chi connectivity index (χ4v) is 4.04. The maximum absolute atomic E-state index is 13.4. The van der Waals surface area contributed by atoms with Crippen LogP contribution in [0.5, 0.6) is 5.75 Å². The fourth-order valence-electron chi connectivity index (χ4n) is 4.04. The van der Waals surface area contributed by atoms with E-state index in [1.807, 2.05) is 13.8 Å². The average molecular weight is 606 g/mol. The van der Waals surface area contributed by atoms with Crippen LogP contribution in [0.15, 0.2) is 34.3 Å². The van der Waals surface area contributed by atoms with Crippen LogP contribution in [0.4, 0.5) is 0 Å². The van der Waals surface area contributed by atoms with Gasteiger partial charge in [-0.05, 0) is 55.7 Å². The van der Waals surface area contributed by atoms with Crippen molar-refractivity contribution in [1.82, 2.24) is 16.0 Å². The number of nitrogens with one attached hydrogen (secondary N) is 3. The molecule has 4 atom stereocenters. The van der Waals surface area contributed by atoms with Gasteiger partial charge in [0, 0.05) is 19.5 Å². The molecular weight excluding hydrogens is 558 g/mol. The molecule has 0 saturated heterocycles. The van der Waals surface area contributed by atoms with Gasteiger partial charge in [-0.3, -0.25) is 29.2 Å². The Hall–Kier alpha value is -4.60. The summed E-state index contributed by atoms with van der Waals surface area (Å²) in [4.78, 5) is 59.5. The third-order valence-electron chi connectivity index (χ3n) is 6.26. The molecule has 0 aromatic heterocycles. The topological polar surface area (TPSA) is 305 Å². The monoisotopic (exact) mass is 605 g/mol. The number of rotatable bonds is 19. The summed E-state index contributed by atoms with van der Waals surface area (Å²) in [6.07, 6.45) is 1.50. The van der Waals surface area contributed by atoms with Gasteiger partial charge < -0.3 is 55.5 Å². The number of carbonyl (C=O) groups is 4. The number of hydrogen-bond acceptors (Lipinski definition) is 8. The van der Waals surface area contributed by atoms with E-state index in [0.717, 1.165) is 0 Å². The zero-order chi connectivity index (χ0) is 32.5. The van der Waals surface area contributed by atoms with Gasteiger partial charge in [0.25, 0.3) is 0 Å². The minimum Gasteiger partial charge on any atom is -0.508 e. The molecule has 16 nitrogen and oxygen atoms in total. The quantitative estimate of drug-likeness (QED) is 0.0443. The van der Waals surface area contributed by atoms with Gasteiger partial charge >= 0.3 is 0 Å². The molecule has 0 unspecified atom stereocenters. The number of nitrogens with zero attached hydrogens (tertiary/aromatic N) is 2. The Kier molecular flexibility index (Phi) is 15.9. The molecule has 0 spiro atoms. The molecule has 1 rings (SSSR count). The van der Waals surface area contributed by atoms with E-state index < -0.39 is 47.8 Å². The van der Waals surface area contributed by atoms with Crippen LogP contribution in [0.3, 0.4) is 0 Å². The van der Waals surface area contributed by atoms with Gasteiger partial charge in [0.15, 0.2) is 11.9 Å². The predicted octanol–water partition coefficient (Wildman–Crippen LogP) is -2.65. The van der Waals surface area contributed by atoms with Gasteiger partial charge in [0.05, 0.1) is 6.04 Å². The standard InChI is InChI=1S/C27H47N11O5/c1-15(2)13-21(38-23(41)18(28)5-3-11-34-26(30)31)25(43)36-19(6-4-12-35-27(32)33)24(42)37-20(22(29)40)14-16-7-9-17(39)10-8-16/h7-10,15,18-21,39H,3-6,11-14,28H2,1-2H3,(H2,29,40)(H,36,43)(H,37,42)(H,38,41)(H4,30,31,34)(H4,32,33,35)/t18-,19+,20-,21-/m0/s1. The Morgan fingerprint density at radius 3 is 1.74 bits per heavy atom. The van der Waals surface area contributed by atoms with E-state index in [4.69, 9.17) is 34.4 Å². The summed E-state index contributed by atoms with van der Waals surface area (Å²) >= 11 is 0. The van der Waals surface area contributed by atoms with E-state index in [0.29, 0.717) is 24.9 Å². The number of benzene rings is 1. The molecule has 16 heteroatoms. The highest BCUT2D eigenvalue weighted by Crippen LogP contribution is 2.12. The number of phenols is 1. The van der Waals surface area contributed by atoms with Crippen LogP contribution in [-0.2, 0) is 25.6 Å². The number of phenolic OH excluding ortho intramolecular Hbond substituents is 1. The Balaban J connectivity index is 3.04. The van der Waals surface area contributed by atoms with Gasteiger partial charge in [-0.2, -0.15) is 0 Å². The first-order valence-corrected chi connectivity index (χ1v) is 14.0. The molecule has 0 aliphatic heterocycles. The van der Waals surface area contributed by atoms with Crippen LogP contribution in [0.1, 0.15) is 51.5 Å². The van der Waals surface area contributed by atoms with Gasteiger partial charge in [-0.1, -0.05) is 26.0 Å². The van der Waals surface area contributed by atoms with Crippen LogP contribution in [0, 0.1) is 5.92 Å². The predicted molar refractivity (Wildman–Crippen MR) is 164 cm³/mol. The maximum Gasteiger partial charge on any atom is 0.243 e. The number of aromatic hydroxyl groups is 1. The summed E-state index contributed by atoms with van der Waals surface area (Å²) in [5.74, 6) is -2.73. The molecule has 0 saturated carbocycles. The van der Waals surface area contributed by atoms with Crippen molar-refractivity contribution in [3.63, 3.8) is 0 Å². The summed E-state index contributed by atoms with van der Waals surface area (Å²) in [6.45, 7) is 4.24. The molecule has 0 bridgehead atoms. The fraction of sp³-hybridized carbons (Fsp3) is 0.556. The second-order valence-electron chi connectivity index (χ2n) is 10.6. The summed E-state index contributed by atoms with van der Waals surface area (Å²) in [5, 5.41) is 17.5. The van der Waals surface area contributed by atoms with Crippen molar-refractivity contribution in [3.8, 4) is 5.75 Å².